The van der Waals surface area contributed by atoms with Gasteiger partial charge in [-0.1, -0.05) is 51.8 Å². The highest BCUT2D eigenvalue weighted by molar-refractivity contribution is 9.10. The summed E-state index contributed by atoms with van der Waals surface area (Å²) in [5, 5.41) is 3.65. The van der Waals surface area contributed by atoms with Crippen molar-refractivity contribution in [1.82, 2.24) is 10.3 Å². The van der Waals surface area contributed by atoms with Gasteiger partial charge >= 0.3 is 0 Å². The highest BCUT2D eigenvalue weighted by atomic mass is 79.9. The average molecular weight is 434 g/mol. The van der Waals surface area contributed by atoms with E-state index in [0.29, 0.717) is 29.5 Å². The molecule has 134 valence electrons. The zero-order chi connectivity index (χ0) is 18.5. The van der Waals surface area contributed by atoms with Crippen LogP contribution in [-0.4, -0.2) is 10.9 Å². The van der Waals surface area contributed by atoms with E-state index >= 15 is 0 Å². The highest BCUT2D eigenvalue weighted by Gasteiger charge is 2.12. The van der Waals surface area contributed by atoms with Crippen LogP contribution in [0.25, 0.3) is 11.3 Å². The first-order valence-electron chi connectivity index (χ1n) is 8.27. The molecule has 0 aliphatic rings. The highest BCUT2D eigenvalue weighted by Crippen LogP contribution is 2.24. The second kappa shape index (κ2) is 8.52. The topological polar surface area (TPSA) is 55.1 Å². The molecule has 3 aromatic rings. The number of hydrogen-bond acceptors (Lipinski definition) is 3. The molecule has 1 atom stereocenters. The maximum absolute atomic E-state index is 12.2. The first-order valence-corrected chi connectivity index (χ1v) is 9.44. The van der Waals surface area contributed by atoms with E-state index in [1.54, 1.807) is 6.20 Å². The number of nitrogens with zero attached hydrogens (tertiary/aromatic N) is 1. The second-order valence-corrected chi connectivity index (χ2v) is 7.32. The lowest BCUT2D eigenvalue weighted by Crippen LogP contribution is -2.26. The fourth-order valence-corrected chi connectivity index (χ4v) is 3.10. The molecule has 0 radical (unpaired) electrons. The van der Waals surface area contributed by atoms with Crippen LogP contribution in [0.1, 0.15) is 30.8 Å². The fourth-order valence-electron chi connectivity index (χ4n) is 2.57. The summed E-state index contributed by atoms with van der Waals surface area (Å²) in [6.45, 7) is 1.94. The molecule has 4 nitrogen and oxygen atoms in total. The van der Waals surface area contributed by atoms with Crippen LogP contribution in [0.2, 0.25) is 5.02 Å². The van der Waals surface area contributed by atoms with Crippen LogP contribution in [0.4, 0.5) is 0 Å². The number of hydrogen-bond donors (Lipinski definition) is 1. The van der Waals surface area contributed by atoms with E-state index in [1.807, 2.05) is 55.5 Å². The molecule has 1 heterocycles. The molecule has 0 aliphatic heterocycles. The van der Waals surface area contributed by atoms with Gasteiger partial charge in [-0.05, 0) is 36.8 Å². The minimum Gasteiger partial charge on any atom is -0.441 e. The molecule has 0 bridgehead atoms. The lowest BCUT2D eigenvalue weighted by molar-refractivity contribution is -0.121. The van der Waals surface area contributed by atoms with Crippen LogP contribution in [0.3, 0.4) is 0 Å². The van der Waals surface area contributed by atoms with Crippen molar-refractivity contribution in [3.05, 3.63) is 75.7 Å². The fraction of sp³-hybridized carbons (Fsp3) is 0.200. The molecule has 0 fully saturated rings. The Balaban J connectivity index is 1.54. The quantitative estimate of drug-likeness (QED) is 0.553. The molecule has 0 saturated heterocycles. The number of carbonyl (C=O) groups excluding carboxylic acids is 1. The third-order valence-electron chi connectivity index (χ3n) is 3.98. The Hall–Kier alpha value is -2.11. The maximum Gasteiger partial charge on any atom is 0.220 e. The number of oxazole rings is 1. The lowest BCUT2D eigenvalue weighted by Gasteiger charge is -2.14. The normalized spacial score (nSPS) is 12.0. The van der Waals surface area contributed by atoms with Gasteiger partial charge in [0.05, 0.1) is 12.2 Å². The number of aromatic nitrogens is 1. The van der Waals surface area contributed by atoms with E-state index < -0.39 is 0 Å². The zero-order valence-electron chi connectivity index (χ0n) is 14.2. The summed E-state index contributed by atoms with van der Waals surface area (Å²) >= 11 is 9.33. The molecule has 0 spiro atoms. The molecule has 26 heavy (non-hydrogen) atoms. The van der Waals surface area contributed by atoms with Crippen LogP contribution < -0.4 is 5.32 Å². The molecular weight excluding hydrogens is 416 g/mol. The summed E-state index contributed by atoms with van der Waals surface area (Å²) in [6.07, 6.45) is 2.45. The molecule has 3 rings (SSSR count). The lowest BCUT2D eigenvalue weighted by atomic mass is 10.1. The molecule has 2 aromatic carbocycles. The van der Waals surface area contributed by atoms with Crippen molar-refractivity contribution in [3.63, 3.8) is 0 Å². The van der Waals surface area contributed by atoms with E-state index in [2.05, 4.69) is 26.2 Å². The van der Waals surface area contributed by atoms with Gasteiger partial charge in [0.2, 0.25) is 5.91 Å². The number of nitrogens with one attached hydrogen (secondary N) is 1. The van der Waals surface area contributed by atoms with Gasteiger partial charge in [-0.25, -0.2) is 4.98 Å². The summed E-state index contributed by atoms with van der Waals surface area (Å²) in [5.41, 5.74) is 1.95. The number of amides is 1. The average Bonchev–Trinajstić information content (AvgIpc) is 3.09. The molecule has 0 saturated carbocycles. The van der Waals surface area contributed by atoms with Crippen molar-refractivity contribution in [2.45, 2.75) is 25.8 Å². The van der Waals surface area contributed by atoms with Gasteiger partial charge in [0.1, 0.15) is 0 Å². The first kappa shape index (κ1) is 18.7. The number of carbonyl (C=O) groups is 1. The first-order chi connectivity index (χ1) is 12.5. The number of aryl methyl sites for hydroxylation is 1. The van der Waals surface area contributed by atoms with E-state index in [-0.39, 0.29) is 11.9 Å². The van der Waals surface area contributed by atoms with E-state index in [1.165, 1.54) is 0 Å². The van der Waals surface area contributed by atoms with Crippen LogP contribution in [0.15, 0.2) is 63.6 Å². The number of benzene rings is 2. The molecule has 1 N–H and O–H groups in total. The van der Waals surface area contributed by atoms with Crippen LogP contribution in [0, 0.1) is 0 Å². The predicted molar refractivity (Wildman–Crippen MR) is 106 cm³/mol. The smallest absolute Gasteiger partial charge is 0.220 e. The van der Waals surface area contributed by atoms with E-state index in [4.69, 9.17) is 16.0 Å². The Labute approximate surface area is 165 Å². The Kier molecular flexibility index (Phi) is 6.12. The second-order valence-electron chi connectivity index (χ2n) is 5.97. The van der Waals surface area contributed by atoms with Crippen LogP contribution in [-0.2, 0) is 11.2 Å². The summed E-state index contributed by atoms with van der Waals surface area (Å²) in [4.78, 5) is 16.4. The zero-order valence-corrected chi connectivity index (χ0v) is 16.5. The summed E-state index contributed by atoms with van der Waals surface area (Å²) in [6, 6.07) is 15.2. The van der Waals surface area contributed by atoms with Crippen molar-refractivity contribution in [1.29, 1.82) is 0 Å². The number of halogens is 2. The van der Waals surface area contributed by atoms with Gasteiger partial charge < -0.3 is 9.73 Å². The Morgan fingerprint density at radius 3 is 2.77 bits per heavy atom. The van der Waals surface area contributed by atoms with Crippen molar-refractivity contribution in [2.24, 2.45) is 0 Å². The molecule has 6 heteroatoms. The van der Waals surface area contributed by atoms with Gasteiger partial charge in [0, 0.05) is 27.9 Å². The molecule has 1 unspecified atom stereocenters. The van der Waals surface area contributed by atoms with Gasteiger partial charge in [-0.2, -0.15) is 0 Å². The van der Waals surface area contributed by atoms with Crippen molar-refractivity contribution >= 4 is 33.4 Å². The Morgan fingerprint density at radius 1 is 1.27 bits per heavy atom. The molecule has 1 amide bonds. The largest absolute Gasteiger partial charge is 0.441 e. The predicted octanol–water partition coefficient (Wildman–Crippen LogP) is 5.57. The van der Waals surface area contributed by atoms with E-state index in [9.17, 15) is 4.79 Å². The van der Waals surface area contributed by atoms with Crippen molar-refractivity contribution in [2.75, 3.05) is 0 Å². The van der Waals surface area contributed by atoms with Crippen molar-refractivity contribution < 1.29 is 9.21 Å². The minimum atomic E-state index is -0.0819. The van der Waals surface area contributed by atoms with Crippen LogP contribution in [0.5, 0.6) is 0 Å². The van der Waals surface area contributed by atoms with E-state index in [0.717, 1.165) is 15.6 Å². The third-order valence-corrected chi connectivity index (χ3v) is 4.72. The standard InChI is InChI=1S/C20H18BrClN2O2/c1-13(14-5-7-17(22)8-6-14)24-19(25)9-10-20-23-12-18(26-20)15-3-2-4-16(21)11-15/h2-8,11-13H,9-10H2,1H3,(H,24,25). The van der Waals surface area contributed by atoms with Gasteiger partial charge in [-0.15, -0.1) is 0 Å². The third kappa shape index (κ3) is 4.96. The van der Waals surface area contributed by atoms with Crippen molar-refractivity contribution in [3.8, 4) is 11.3 Å². The maximum atomic E-state index is 12.2. The molecular formula is C20H18BrClN2O2. The van der Waals surface area contributed by atoms with Crippen LogP contribution >= 0.6 is 27.5 Å². The molecule has 1 aromatic heterocycles. The Bertz CT molecular complexity index is 893. The molecule has 0 aliphatic carbocycles. The van der Waals surface area contributed by atoms with Gasteiger partial charge in [0.25, 0.3) is 0 Å². The Morgan fingerprint density at radius 2 is 2.04 bits per heavy atom. The van der Waals surface area contributed by atoms with Gasteiger partial charge in [-0.3, -0.25) is 4.79 Å². The van der Waals surface area contributed by atoms with Gasteiger partial charge in [0.15, 0.2) is 11.7 Å². The minimum absolute atomic E-state index is 0.0466. The summed E-state index contributed by atoms with van der Waals surface area (Å²) < 4.78 is 6.73. The summed E-state index contributed by atoms with van der Waals surface area (Å²) in [5.74, 6) is 1.19. The number of rotatable bonds is 6. The summed E-state index contributed by atoms with van der Waals surface area (Å²) in [7, 11) is 0. The monoisotopic (exact) mass is 432 g/mol. The SMILES string of the molecule is CC(NC(=O)CCc1ncc(-c2cccc(Br)c2)o1)c1ccc(Cl)cc1.